The maximum atomic E-state index is 12.6. The molecule has 0 bridgehead atoms. The molecular weight excluding hydrogens is 264 g/mol. The molecule has 5 nitrogen and oxygen atoms in total. The van der Waals surface area contributed by atoms with Crippen molar-refractivity contribution in [2.45, 2.75) is 12.8 Å². The van der Waals surface area contributed by atoms with Gasteiger partial charge in [0, 0.05) is 17.3 Å². The first-order valence-corrected chi connectivity index (χ1v) is 6.99. The molecule has 0 fully saturated rings. The van der Waals surface area contributed by atoms with Gasteiger partial charge in [-0.25, -0.2) is 5.01 Å². The molecule has 0 atom stereocenters. The molecule has 2 heterocycles. The summed E-state index contributed by atoms with van der Waals surface area (Å²) < 4.78 is 0. The monoisotopic (exact) mass is 278 g/mol. The highest BCUT2D eigenvalue weighted by atomic mass is 16.2. The minimum atomic E-state index is -0.0791. The van der Waals surface area contributed by atoms with Crippen molar-refractivity contribution in [3.63, 3.8) is 0 Å². The van der Waals surface area contributed by atoms with Crippen LogP contribution < -0.4 is 5.43 Å². The van der Waals surface area contributed by atoms with Gasteiger partial charge in [-0.15, -0.1) is 0 Å². The summed E-state index contributed by atoms with van der Waals surface area (Å²) in [6.07, 6.45) is 5.57. The molecule has 1 amide bonds. The smallest absolute Gasteiger partial charge is 0.274 e. The number of amides is 1. The maximum Gasteiger partial charge on any atom is 0.274 e. The molecule has 0 saturated heterocycles. The van der Waals surface area contributed by atoms with E-state index >= 15 is 0 Å². The fraction of sp³-hybridized carbons (Fsp3) is 0.188. The lowest BCUT2D eigenvalue weighted by atomic mass is 10.0. The van der Waals surface area contributed by atoms with E-state index in [0.717, 1.165) is 18.6 Å². The fourth-order valence-corrected chi connectivity index (χ4v) is 2.94. The summed E-state index contributed by atoms with van der Waals surface area (Å²) in [5.74, 6) is -0.0791. The van der Waals surface area contributed by atoms with Crippen LogP contribution in [0.25, 0.3) is 0 Å². The largest absolute Gasteiger partial charge is 0.285 e. The Balaban J connectivity index is 1.70. The number of hydrazone groups is 2. The van der Waals surface area contributed by atoms with Gasteiger partial charge in [-0.2, -0.15) is 10.2 Å². The molecule has 0 radical (unpaired) electrons. The quantitative estimate of drug-likeness (QED) is 0.855. The second-order valence-corrected chi connectivity index (χ2v) is 5.25. The van der Waals surface area contributed by atoms with Gasteiger partial charge in [0.05, 0.1) is 12.8 Å². The topological polar surface area (TPSA) is 57.1 Å². The number of rotatable bonds is 1. The summed E-state index contributed by atoms with van der Waals surface area (Å²) >= 11 is 0. The van der Waals surface area contributed by atoms with Gasteiger partial charge < -0.3 is 0 Å². The summed E-state index contributed by atoms with van der Waals surface area (Å²) in [5.41, 5.74) is 8.05. The number of hydrogen-bond acceptors (Lipinski definition) is 4. The Kier molecular flexibility index (Phi) is 2.70. The van der Waals surface area contributed by atoms with Crippen molar-refractivity contribution in [1.82, 2.24) is 10.4 Å². The molecule has 104 valence electrons. The predicted octanol–water partition coefficient (Wildman–Crippen LogP) is 2.06. The molecule has 1 aliphatic carbocycles. The predicted molar refractivity (Wildman–Crippen MR) is 80.9 cm³/mol. The third kappa shape index (κ3) is 1.98. The van der Waals surface area contributed by atoms with Gasteiger partial charge in [0.25, 0.3) is 5.91 Å². The van der Waals surface area contributed by atoms with Gasteiger partial charge in [-0.1, -0.05) is 18.2 Å². The summed E-state index contributed by atoms with van der Waals surface area (Å²) in [6.45, 7) is 0.538. The molecule has 1 aromatic rings. The highest BCUT2D eigenvalue weighted by Crippen LogP contribution is 2.35. The van der Waals surface area contributed by atoms with Crippen molar-refractivity contribution in [1.29, 1.82) is 0 Å². The van der Waals surface area contributed by atoms with Gasteiger partial charge in [-0.3, -0.25) is 10.2 Å². The van der Waals surface area contributed by atoms with Crippen LogP contribution in [0.4, 0.5) is 0 Å². The van der Waals surface area contributed by atoms with E-state index in [1.165, 1.54) is 21.7 Å². The number of carbonyl (C=O) groups is 1. The van der Waals surface area contributed by atoms with Gasteiger partial charge in [-0.05, 0) is 36.1 Å². The van der Waals surface area contributed by atoms with E-state index in [4.69, 9.17) is 0 Å². The van der Waals surface area contributed by atoms with Gasteiger partial charge >= 0.3 is 0 Å². The van der Waals surface area contributed by atoms with E-state index in [0.29, 0.717) is 12.1 Å². The number of nitrogens with one attached hydrogen (secondary N) is 1. The molecule has 1 aromatic carbocycles. The van der Waals surface area contributed by atoms with Crippen molar-refractivity contribution in [3.05, 3.63) is 58.8 Å². The van der Waals surface area contributed by atoms with Gasteiger partial charge in [0.2, 0.25) is 0 Å². The zero-order valence-corrected chi connectivity index (χ0v) is 11.4. The third-order valence-electron chi connectivity index (χ3n) is 3.97. The van der Waals surface area contributed by atoms with Crippen LogP contribution >= 0.6 is 0 Å². The molecule has 2 aliphatic heterocycles. The summed E-state index contributed by atoms with van der Waals surface area (Å²) in [7, 11) is 0. The lowest BCUT2D eigenvalue weighted by molar-refractivity contribution is 0.0775. The first-order valence-electron chi connectivity index (χ1n) is 6.99. The average Bonchev–Trinajstić information content (AvgIpc) is 2.85. The van der Waals surface area contributed by atoms with Crippen LogP contribution in [0.5, 0.6) is 0 Å². The van der Waals surface area contributed by atoms with Crippen LogP contribution in [-0.2, 0) is 0 Å². The van der Waals surface area contributed by atoms with Crippen molar-refractivity contribution in [2.24, 2.45) is 10.2 Å². The highest BCUT2D eigenvalue weighted by Gasteiger charge is 2.30. The summed E-state index contributed by atoms with van der Waals surface area (Å²) in [5, 5.41) is 10.1. The molecule has 5 heteroatoms. The van der Waals surface area contributed by atoms with Crippen LogP contribution in [0.3, 0.4) is 0 Å². The molecule has 3 aliphatic rings. The molecule has 1 N–H and O–H groups in total. The normalized spacial score (nSPS) is 19.5. The van der Waals surface area contributed by atoms with Gasteiger partial charge in [0.15, 0.2) is 0 Å². The van der Waals surface area contributed by atoms with Crippen molar-refractivity contribution >= 4 is 17.8 Å². The van der Waals surface area contributed by atoms with Crippen molar-refractivity contribution < 1.29 is 4.79 Å². The fourth-order valence-electron chi connectivity index (χ4n) is 2.94. The Bertz CT molecular complexity index is 728. The minimum absolute atomic E-state index is 0.0791. The zero-order valence-electron chi connectivity index (χ0n) is 11.4. The van der Waals surface area contributed by atoms with Crippen molar-refractivity contribution in [2.75, 3.05) is 6.54 Å². The van der Waals surface area contributed by atoms with Crippen LogP contribution in [-0.4, -0.2) is 29.4 Å². The lowest BCUT2D eigenvalue weighted by Gasteiger charge is -2.16. The standard InChI is InChI=1S/C16H14N4O/c21-16(11-4-2-1-3-5-11)20-10-13-7-6-12-8-17-19-14(9-18-20)15(12)13/h1-5,8-9,17H,6-7,10H2. The average molecular weight is 278 g/mol. The number of benzene rings is 1. The SMILES string of the molecule is O=C(c1ccccc1)N1CC2=C3C(=CNN=C3C=N1)CC2. The molecule has 0 saturated carbocycles. The van der Waals surface area contributed by atoms with Crippen LogP contribution in [0.2, 0.25) is 0 Å². The van der Waals surface area contributed by atoms with E-state index < -0.39 is 0 Å². The number of nitrogens with zero attached hydrogens (tertiary/aromatic N) is 3. The Labute approximate surface area is 122 Å². The lowest BCUT2D eigenvalue weighted by Crippen LogP contribution is -2.27. The van der Waals surface area contributed by atoms with E-state index in [2.05, 4.69) is 15.6 Å². The second kappa shape index (κ2) is 4.70. The van der Waals surface area contributed by atoms with E-state index in [-0.39, 0.29) is 5.91 Å². The number of allylic oxidation sites excluding steroid dienone is 2. The Morgan fingerprint density at radius 2 is 2.05 bits per heavy atom. The van der Waals surface area contributed by atoms with Crippen LogP contribution in [0.1, 0.15) is 23.2 Å². The highest BCUT2D eigenvalue weighted by molar-refractivity contribution is 6.40. The van der Waals surface area contributed by atoms with E-state index in [9.17, 15) is 4.79 Å². The third-order valence-corrected chi connectivity index (χ3v) is 3.97. The second-order valence-electron chi connectivity index (χ2n) is 5.25. The molecule has 4 rings (SSSR count). The molecule has 21 heavy (non-hydrogen) atoms. The minimum Gasteiger partial charge on any atom is -0.285 e. The first kappa shape index (κ1) is 12.1. The first-order chi connectivity index (χ1) is 10.3. The zero-order chi connectivity index (χ0) is 14.2. The Hall–Kier alpha value is -2.69. The number of carbonyl (C=O) groups excluding carboxylic acids is 1. The van der Waals surface area contributed by atoms with E-state index in [1.807, 2.05) is 36.5 Å². The van der Waals surface area contributed by atoms with Crippen molar-refractivity contribution in [3.8, 4) is 0 Å². The Morgan fingerprint density at radius 1 is 1.19 bits per heavy atom. The Morgan fingerprint density at radius 3 is 2.90 bits per heavy atom. The molecular formula is C16H14N4O. The number of hydrogen-bond donors (Lipinski definition) is 1. The maximum absolute atomic E-state index is 12.6. The van der Waals surface area contributed by atoms with Gasteiger partial charge in [0.1, 0.15) is 5.71 Å². The van der Waals surface area contributed by atoms with E-state index in [1.54, 1.807) is 6.21 Å². The van der Waals surface area contributed by atoms with Crippen LogP contribution in [0.15, 0.2) is 63.5 Å². The summed E-state index contributed by atoms with van der Waals surface area (Å²) in [4.78, 5) is 12.6. The van der Waals surface area contributed by atoms with Crippen LogP contribution in [0, 0.1) is 0 Å². The molecule has 0 spiro atoms. The molecule has 0 unspecified atom stereocenters. The molecule has 0 aromatic heterocycles. The summed E-state index contributed by atoms with van der Waals surface area (Å²) in [6, 6.07) is 9.25.